The topological polar surface area (TPSA) is 99.8 Å². The van der Waals surface area contributed by atoms with Crippen molar-refractivity contribution in [3.63, 3.8) is 0 Å². The van der Waals surface area contributed by atoms with Gasteiger partial charge in [0.05, 0.1) is 5.02 Å². The summed E-state index contributed by atoms with van der Waals surface area (Å²) in [6.45, 7) is 4.28. The minimum absolute atomic E-state index is 0.00216. The number of halogens is 2. The van der Waals surface area contributed by atoms with E-state index in [1.807, 2.05) is 29.2 Å². The highest BCUT2D eigenvalue weighted by atomic mass is 35.5. The number of piperazine rings is 1. The van der Waals surface area contributed by atoms with Gasteiger partial charge in [0.1, 0.15) is 22.3 Å². The van der Waals surface area contributed by atoms with E-state index in [1.165, 1.54) is 11.0 Å². The van der Waals surface area contributed by atoms with Crippen molar-refractivity contribution < 1.29 is 19.1 Å². The Morgan fingerprint density at radius 1 is 1.23 bits per heavy atom. The highest BCUT2D eigenvalue weighted by Crippen LogP contribution is 2.44. The first-order valence-electron chi connectivity index (χ1n) is 10.8. The number of nitrogens with zero attached hydrogens (tertiary/aromatic N) is 3. The number of hydrogen-bond donors (Lipinski definition) is 2. The van der Waals surface area contributed by atoms with Crippen molar-refractivity contribution in [1.29, 1.82) is 0 Å². The minimum Gasteiger partial charge on any atom is -0.508 e. The van der Waals surface area contributed by atoms with Gasteiger partial charge in [0.2, 0.25) is 11.8 Å². The lowest BCUT2D eigenvalue weighted by Crippen LogP contribution is -2.59. The Balaban J connectivity index is 1.60. The maximum Gasteiger partial charge on any atom is 0.246 e. The van der Waals surface area contributed by atoms with E-state index in [4.69, 9.17) is 17.3 Å². The van der Waals surface area contributed by atoms with Crippen LogP contribution in [0, 0.1) is 5.82 Å². The van der Waals surface area contributed by atoms with Crippen molar-refractivity contribution in [3.8, 4) is 16.9 Å². The van der Waals surface area contributed by atoms with E-state index in [-0.39, 0.29) is 40.8 Å². The largest absolute Gasteiger partial charge is 0.508 e. The second kappa shape index (κ2) is 8.83. The van der Waals surface area contributed by atoms with Crippen LogP contribution in [0.15, 0.2) is 55.1 Å². The van der Waals surface area contributed by atoms with E-state index < -0.39 is 17.8 Å². The zero-order valence-electron chi connectivity index (χ0n) is 18.4. The van der Waals surface area contributed by atoms with Gasteiger partial charge in [-0.05, 0) is 52.1 Å². The zero-order valence-corrected chi connectivity index (χ0v) is 19.9. The molecule has 178 valence electrons. The average Bonchev–Trinajstić information content (AvgIpc) is 3.27. The number of aromatic hydroxyl groups is 1. The summed E-state index contributed by atoms with van der Waals surface area (Å²) in [5, 5.41) is 13.0. The molecule has 0 unspecified atom stereocenters. The number of fused-ring (bicyclic) bond motifs is 2. The van der Waals surface area contributed by atoms with Gasteiger partial charge in [-0.3, -0.25) is 9.59 Å². The number of amides is 2. The van der Waals surface area contributed by atoms with Crippen LogP contribution in [0.1, 0.15) is 0 Å². The summed E-state index contributed by atoms with van der Waals surface area (Å²) in [4.78, 5) is 27.5. The van der Waals surface area contributed by atoms with Gasteiger partial charge in [0, 0.05) is 30.6 Å². The quantitative estimate of drug-likeness (QED) is 0.399. The van der Waals surface area contributed by atoms with E-state index in [1.54, 1.807) is 12.1 Å². The Hall–Kier alpha value is -3.69. The van der Waals surface area contributed by atoms with E-state index in [2.05, 4.69) is 11.0 Å². The minimum atomic E-state index is -0.857. The second-order valence-electron chi connectivity index (χ2n) is 8.25. The molecular formula is C25H20ClFN4O3S. The van der Waals surface area contributed by atoms with Crippen molar-refractivity contribution in [1.82, 2.24) is 9.27 Å². The predicted octanol–water partition coefficient (Wildman–Crippen LogP) is 4.30. The third-order valence-corrected chi connectivity index (χ3v) is 7.44. The van der Waals surface area contributed by atoms with Gasteiger partial charge in [-0.1, -0.05) is 42.4 Å². The second-order valence-corrected chi connectivity index (χ2v) is 9.40. The first kappa shape index (κ1) is 23.1. The molecule has 2 heterocycles. The van der Waals surface area contributed by atoms with E-state index in [9.17, 15) is 14.7 Å². The number of anilines is 1. The van der Waals surface area contributed by atoms with Gasteiger partial charge in [0.25, 0.3) is 0 Å². The average molecular weight is 511 g/mol. The monoisotopic (exact) mass is 510 g/mol. The summed E-state index contributed by atoms with van der Waals surface area (Å²) >= 11 is 7.71. The van der Waals surface area contributed by atoms with Crippen molar-refractivity contribution in [2.75, 3.05) is 24.5 Å². The first-order valence-corrected chi connectivity index (χ1v) is 11.9. The van der Waals surface area contributed by atoms with Crippen molar-refractivity contribution in [3.05, 3.63) is 66.0 Å². The Kier molecular flexibility index (Phi) is 5.82. The number of hydrogen-bond acceptors (Lipinski definition) is 6. The molecule has 0 aliphatic carbocycles. The third kappa shape index (κ3) is 3.86. The van der Waals surface area contributed by atoms with Crippen LogP contribution in [0.25, 0.3) is 32.8 Å². The van der Waals surface area contributed by atoms with E-state index in [0.29, 0.717) is 22.5 Å². The highest BCUT2D eigenvalue weighted by molar-refractivity contribution is 7.11. The molecule has 1 atom stereocenters. The van der Waals surface area contributed by atoms with Gasteiger partial charge in [-0.25, -0.2) is 4.39 Å². The molecule has 1 aliphatic heterocycles. The maximum absolute atomic E-state index is 15.9. The number of phenolic OH excluding ortho intramolecular Hbond substituents is 1. The summed E-state index contributed by atoms with van der Waals surface area (Å²) in [6, 6.07) is 11.2. The zero-order chi connectivity index (χ0) is 24.9. The van der Waals surface area contributed by atoms with Crippen LogP contribution in [0.4, 0.5) is 9.39 Å². The van der Waals surface area contributed by atoms with Gasteiger partial charge in [-0.2, -0.15) is 4.37 Å². The Bertz CT molecular complexity index is 1520. The molecule has 35 heavy (non-hydrogen) atoms. The molecule has 1 saturated heterocycles. The molecule has 10 heteroatoms. The van der Waals surface area contributed by atoms with Crippen molar-refractivity contribution in [2.24, 2.45) is 5.73 Å². The van der Waals surface area contributed by atoms with E-state index >= 15 is 4.39 Å². The number of rotatable bonds is 4. The molecule has 0 saturated carbocycles. The number of carbonyl (C=O) groups is 2. The highest BCUT2D eigenvalue weighted by Gasteiger charge is 2.35. The number of primary amides is 1. The molecule has 4 aromatic rings. The van der Waals surface area contributed by atoms with E-state index in [0.717, 1.165) is 28.4 Å². The van der Waals surface area contributed by atoms with Crippen LogP contribution in [0.5, 0.6) is 5.75 Å². The fourth-order valence-electron chi connectivity index (χ4n) is 4.57. The van der Waals surface area contributed by atoms with Crippen LogP contribution in [0.2, 0.25) is 5.02 Å². The molecule has 0 spiro atoms. The Morgan fingerprint density at radius 3 is 2.74 bits per heavy atom. The lowest BCUT2D eigenvalue weighted by Gasteiger charge is -2.39. The molecule has 1 fully saturated rings. The fourth-order valence-corrected chi connectivity index (χ4v) is 5.75. The SMILES string of the molecule is C=CC(=O)N1CCN(c2snc3c(F)c(-c4cc(O)cc5ccccc45)c(Cl)cc23)C[C@@H]1C(N)=O. The maximum atomic E-state index is 15.9. The molecule has 1 aromatic heterocycles. The fraction of sp³-hybridized carbons (Fsp3) is 0.160. The van der Waals surface area contributed by atoms with Crippen LogP contribution in [0.3, 0.4) is 0 Å². The van der Waals surface area contributed by atoms with Gasteiger partial charge >= 0.3 is 0 Å². The number of phenols is 1. The number of nitrogens with two attached hydrogens (primary N) is 1. The number of carbonyl (C=O) groups excluding carboxylic acids is 2. The molecule has 1 aliphatic rings. The molecule has 3 aromatic carbocycles. The molecule has 3 N–H and O–H groups in total. The van der Waals surface area contributed by atoms with Crippen LogP contribution >= 0.6 is 23.1 Å². The van der Waals surface area contributed by atoms with Crippen molar-refractivity contribution >= 4 is 61.6 Å². The van der Waals surface area contributed by atoms with Gasteiger partial charge < -0.3 is 20.6 Å². The number of benzene rings is 3. The summed E-state index contributed by atoms with van der Waals surface area (Å²) in [6.07, 6.45) is 1.15. The van der Waals surface area contributed by atoms with Gasteiger partial charge in [0.15, 0.2) is 5.82 Å². The Morgan fingerprint density at radius 2 is 2.00 bits per heavy atom. The summed E-state index contributed by atoms with van der Waals surface area (Å²) in [7, 11) is 0. The van der Waals surface area contributed by atoms with Crippen LogP contribution < -0.4 is 10.6 Å². The summed E-state index contributed by atoms with van der Waals surface area (Å²) in [5.74, 6) is -1.61. The molecule has 2 amide bonds. The van der Waals surface area contributed by atoms with Gasteiger partial charge in [-0.15, -0.1) is 0 Å². The summed E-state index contributed by atoms with van der Waals surface area (Å²) in [5.41, 5.74) is 6.31. The van der Waals surface area contributed by atoms with Crippen LogP contribution in [-0.2, 0) is 9.59 Å². The molecule has 0 radical (unpaired) electrons. The molecule has 5 rings (SSSR count). The lowest BCUT2D eigenvalue weighted by atomic mass is 9.96. The first-order chi connectivity index (χ1) is 16.8. The van der Waals surface area contributed by atoms with Crippen LogP contribution in [-0.4, -0.2) is 51.9 Å². The summed E-state index contributed by atoms with van der Waals surface area (Å²) < 4.78 is 20.3. The smallest absolute Gasteiger partial charge is 0.246 e. The predicted molar refractivity (Wildman–Crippen MR) is 136 cm³/mol. The molecule has 0 bridgehead atoms. The molecule has 7 nitrogen and oxygen atoms in total. The standard InChI is InChI=1S/C25H20ClFN4O3S/c1-2-20(33)31-8-7-30(12-19(31)24(28)34)25-17-11-18(26)21(22(27)23(17)29-35-25)16-10-14(32)9-13-5-3-4-6-15(13)16/h2-6,9-11,19,32H,1,7-8,12H2,(H2,28,34)/t19-/m1/s1. The lowest BCUT2D eigenvalue weighted by molar-refractivity contribution is -0.136. The third-order valence-electron chi connectivity index (χ3n) is 6.22. The van der Waals surface area contributed by atoms with Crippen molar-refractivity contribution in [2.45, 2.75) is 6.04 Å². The Labute approximate surface area is 209 Å². The number of aromatic nitrogens is 1. The normalized spacial score (nSPS) is 16.1. The molecular weight excluding hydrogens is 491 g/mol.